The Kier molecular flexibility index (Phi) is 7.74. The molecule has 1 amide bonds. The second-order valence-electron chi connectivity index (χ2n) is 5.57. The van der Waals surface area contributed by atoms with Crippen LogP contribution in [0.15, 0.2) is 57.8 Å². The van der Waals surface area contributed by atoms with Crippen LogP contribution in [0.4, 0.5) is 5.13 Å². The molecule has 0 aliphatic heterocycles. The number of hydrogen-bond donors (Lipinski definition) is 1. The first-order chi connectivity index (χ1) is 13.6. The van der Waals surface area contributed by atoms with E-state index in [4.69, 9.17) is 16.9 Å². The monoisotopic (exact) mass is 446 g/mol. The summed E-state index contributed by atoms with van der Waals surface area (Å²) >= 11 is 10.4. The fraction of sp³-hybridized carbons (Fsp3) is 0.158. The Morgan fingerprint density at radius 3 is 2.57 bits per heavy atom. The van der Waals surface area contributed by atoms with Crippen LogP contribution in [-0.4, -0.2) is 21.9 Å². The number of benzene rings is 2. The molecule has 0 saturated heterocycles. The van der Waals surface area contributed by atoms with Crippen LogP contribution in [0.5, 0.6) is 0 Å². The molecule has 28 heavy (non-hydrogen) atoms. The van der Waals surface area contributed by atoms with Gasteiger partial charge in [-0.05, 0) is 42.0 Å². The zero-order chi connectivity index (χ0) is 19.8. The normalized spacial score (nSPS) is 10.4. The van der Waals surface area contributed by atoms with E-state index >= 15 is 0 Å². The number of aromatic nitrogens is 2. The van der Waals surface area contributed by atoms with Gasteiger partial charge in [-0.2, -0.15) is 5.26 Å². The minimum absolute atomic E-state index is 0.0822. The number of amides is 1. The van der Waals surface area contributed by atoms with Crippen molar-refractivity contribution in [3.05, 3.63) is 64.7 Å². The van der Waals surface area contributed by atoms with Gasteiger partial charge in [-0.15, -0.1) is 22.0 Å². The van der Waals surface area contributed by atoms with E-state index in [0.29, 0.717) is 27.9 Å². The van der Waals surface area contributed by atoms with Crippen LogP contribution < -0.4 is 5.32 Å². The van der Waals surface area contributed by atoms with Crippen LogP contribution in [0.3, 0.4) is 0 Å². The predicted octanol–water partition coefficient (Wildman–Crippen LogP) is 5.48. The van der Waals surface area contributed by atoms with E-state index in [2.05, 4.69) is 21.6 Å². The number of thioether (sulfide) groups is 2. The van der Waals surface area contributed by atoms with Crippen LogP contribution >= 0.6 is 46.5 Å². The Labute approximate surface area is 180 Å². The summed E-state index contributed by atoms with van der Waals surface area (Å²) in [5.74, 6) is 1.32. The Morgan fingerprint density at radius 2 is 1.86 bits per heavy atom. The van der Waals surface area contributed by atoms with E-state index in [1.165, 1.54) is 11.3 Å². The number of hydrogen-bond acceptors (Lipinski definition) is 7. The summed E-state index contributed by atoms with van der Waals surface area (Å²) in [5.41, 5.74) is 1.74. The largest absolute Gasteiger partial charge is 0.300 e. The molecule has 1 heterocycles. The van der Waals surface area contributed by atoms with Crippen molar-refractivity contribution in [3.8, 4) is 6.07 Å². The zero-order valence-corrected chi connectivity index (χ0v) is 17.8. The topological polar surface area (TPSA) is 78.7 Å². The molecule has 0 radical (unpaired) electrons. The van der Waals surface area contributed by atoms with Crippen molar-refractivity contribution < 1.29 is 4.79 Å². The SMILES string of the molecule is N#Cc1ccc(CSc2nnc(NC(=O)CCSc3ccc(Cl)cc3)s2)cc1. The van der Waals surface area contributed by atoms with Crippen molar-refractivity contribution in [3.63, 3.8) is 0 Å². The molecule has 2 aromatic carbocycles. The zero-order valence-electron chi connectivity index (χ0n) is 14.6. The van der Waals surface area contributed by atoms with Crippen molar-refractivity contribution >= 4 is 57.5 Å². The molecule has 3 aromatic rings. The fourth-order valence-corrected chi connectivity index (χ4v) is 4.82. The molecule has 142 valence electrons. The highest BCUT2D eigenvalue weighted by atomic mass is 35.5. The summed E-state index contributed by atoms with van der Waals surface area (Å²) in [6.07, 6.45) is 0.389. The molecule has 0 fully saturated rings. The molecule has 0 bridgehead atoms. The van der Waals surface area contributed by atoms with Crippen LogP contribution in [0.1, 0.15) is 17.5 Å². The maximum Gasteiger partial charge on any atom is 0.227 e. The Hall–Kier alpha value is -2.05. The molecular formula is C19H15ClN4OS3. The van der Waals surface area contributed by atoms with Gasteiger partial charge >= 0.3 is 0 Å². The molecule has 0 unspecified atom stereocenters. The molecule has 9 heteroatoms. The average molecular weight is 447 g/mol. The lowest BCUT2D eigenvalue weighted by Gasteiger charge is -2.02. The number of halogens is 1. The second-order valence-corrected chi connectivity index (χ2v) is 9.38. The van der Waals surface area contributed by atoms with Gasteiger partial charge in [0.1, 0.15) is 0 Å². The third kappa shape index (κ3) is 6.53. The molecule has 1 N–H and O–H groups in total. The smallest absolute Gasteiger partial charge is 0.227 e. The lowest BCUT2D eigenvalue weighted by atomic mass is 10.2. The van der Waals surface area contributed by atoms with Gasteiger partial charge in [0.25, 0.3) is 0 Å². The summed E-state index contributed by atoms with van der Waals surface area (Å²) in [4.78, 5) is 13.1. The molecule has 0 saturated carbocycles. The van der Waals surface area contributed by atoms with Crippen LogP contribution in [-0.2, 0) is 10.5 Å². The van der Waals surface area contributed by atoms with Gasteiger partial charge in [-0.25, -0.2) is 0 Å². The van der Waals surface area contributed by atoms with E-state index in [1.54, 1.807) is 35.7 Å². The van der Waals surface area contributed by atoms with E-state index in [0.717, 1.165) is 20.6 Å². The van der Waals surface area contributed by atoms with Crippen molar-refractivity contribution in [1.29, 1.82) is 5.26 Å². The molecule has 0 aliphatic rings. The van der Waals surface area contributed by atoms with Crippen LogP contribution in [0.2, 0.25) is 5.02 Å². The summed E-state index contributed by atoms with van der Waals surface area (Å²) in [5, 5.41) is 20.9. The van der Waals surface area contributed by atoms with Crippen molar-refractivity contribution in [2.24, 2.45) is 0 Å². The van der Waals surface area contributed by atoms with Crippen molar-refractivity contribution in [2.75, 3.05) is 11.1 Å². The second kappa shape index (κ2) is 10.5. The number of anilines is 1. The van der Waals surface area contributed by atoms with E-state index in [1.807, 2.05) is 36.4 Å². The average Bonchev–Trinajstić information content (AvgIpc) is 3.15. The van der Waals surface area contributed by atoms with Crippen LogP contribution in [0, 0.1) is 11.3 Å². The first kappa shape index (κ1) is 20.7. The highest BCUT2D eigenvalue weighted by molar-refractivity contribution is 8.00. The lowest BCUT2D eigenvalue weighted by Crippen LogP contribution is -2.11. The Bertz CT molecular complexity index is 968. The van der Waals surface area contributed by atoms with Gasteiger partial charge in [-0.3, -0.25) is 4.79 Å². The Balaban J connectivity index is 1.41. The molecule has 0 spiro atoms. The first-order valence-corrected chi connectivity index (χ1v) is 11.4. The number of carbonyl (C=O) groups excluding carboxylic acids is 1. The van der Waals surface area contributed by atoms with E-state index < -0.39 is 0 Å². The number of nitriles is 1. The van der Waals surface area contributed by atoms with E-state index in [9.17, 15) is 4.79 Å². The third-order valence-corrected chi connectivity index (χ3v) is 6.82. The molecule has 0 atom stereocenters. The highest BCUT2D eigenvalue weighted by Gasteiger charge is 2.09. The van der Waals surface area contributed by atoms with Crippen LogP contribution in [0.25, 0.3) is 0 Å². The molecular weight excluding hydrogens is 432 g/mol. The fourth-order valence-electron chi connectivity index (χ4n) is 2.11. The molecule has 1 aromatic heterocycles. The number of nitrogens with zero attached hydrogens (tertiary/aromatic N) is 3. The minimum Gasteiger partial charge on any atom is -0.300 e. The quantitative estimate of drug-likeness (QED) is 0.364. The van der Waals surface area contributed by atoms with E-state index in [-0.39, 0.29) is 5.91 Å². The van der Waals surface area contributed by atoms with Gasteiger partial charge in [-0.1, -0.05) is 46.8 Å². The maximum atomic E-state index is 12.1. The van der Waals surface area contributed by atoms with Crippen molar-refractivity contribution in [1.82, 2.24) is 10.2 Å². The lowest BCUT2D eigenvalue weighted by molar-refractivity contribution is -0.115. The van der Waals surface area contributed by atoms with Gasteiger partial charge in [0.15, 0.2) is 4.34 Å². The van der Waals surface area contributed by atoms with Gasteiger partial charge in [0.05, 0.1) is 11.6 Å². The summed E-state index contributed by atoms with van der Waals surface area (Å²) in [7, 11) is 0. The third-order valence-electron chi connectivity index (χ3n) is 3.51. The van der Waals surface area contributed by atoms with Gasteiger partial charge < -0.3 is 5.32 Å². The van der Waals surface area contributed by atoms with Gasteiger partial charge in [0.2, 0.25) is 11.0 Å². The number of nitrogens with one attached hydrogen (secondary N) is 1. The summed E-state index contributed by atoms with van der Waals surface area (Å²) in [6.45, 7) is 0. The van der Waals surface area contributed by atoms with Crippen molar-refractivity contribution in [2.45, 2.75) is 21.4 Å². The highest BCUT2D eigenvalue weighted by Crippen LogP contribution is 2.28. The maximum absolute atomic E-state index is 12.1. The molecule has 3 rings (SSSR count). The van der Waals surface area contributed by atoms with Gasteiger partial charge in [0, 0.05) is 27.8 Å². The number of carbonyl (C=O) groups is 1. The standard InChI is InChI=1S/C19H15ClN4OS3/c20-15-5-7-16(8-6-15)26-10-9-17(25)22-18-23-24-19(28-18)27-12-14-3-1-13(11-21)2-4-14/h1-8H,9-10,12H2,(H,22,23,25). The Morgan fingerprint density at radius 1 is 1.11 bits per heavy atom. The molecule has 0 aliphatic carbocycles. The minimum atomic E-state index is -0.0822. The molecule has 5 nitrogen and oxygen atoms in total. The first-order valence-electron chi connectivity index (χ1n) is 8.26. The summed E-state index contributed by atoms with van der Waals surface area (Å²) < 4.78 is 0.787. The predicted molar refractivity (Wildman–Crippen MR) is 116 cm³/mol. The number of rotatable bonds is 8. The summed E-state index contributed by atoms with van der Waals surface area (Å²) in [6, 6.07) is 17.1.